The van der Waals surface area contributed by atoms with E-state index in [0.717, 1.165) is 12.1 Å². The van der Waals surface area contributed by atoms with E-state index in [1.165, 1.54) is 26.8 Å². The Morgan fingerprint density at radius 1 is 1.04 bits per heavy atom. The fourth-order valence-electron chi connectivity index (χ4n) is 2.32. The summed E-state index contributed by atoms with van der Waals surface area (Å²) in [5.74, 6) is -1.93. The smallest absolute Gasteiger partial charge is 0.430 e. The van der Waals surface area contributed by atoms with Crippen LogP contribution in [0.5, 0.6) is 0 Å². The first-order valence-electron chi connectivity index (χ1n) is 7.35. The molecule has 0 bridgehead atoms. The van der Waals surface area contributed by atoms with Crippen molar-refractivity contribution in [2.75, 3.05) is 0 Å². The lowest BCUT2D eigenvalue weighted by atomic mass is 9.86. The van der Waals surface area contributed by atoms with Gasteiger partial charge in [-0.2, -0.15) is 26.3 Å². The van der Waals surface area contributed by atoms with Gasteiger partial charge in [-0.25, -0.2) is 4.79 Å². The van der Waals surface area contributed by atoms with E-state index in [-0.39, 0.29) is 5.56 Å². The lowest BCUT2D eigenvalue weighted by molar-refractivity contribution is -0.400. The molecule has 0 spiro atoms. The van der Waals surface area contributed by atoms with E-state index in [1.807, 2.05) is 0 Å². The summed E-state index contributed by atoms with van der Waals surface area (Å²) < 4.78 is 86.5. The third kappa shape index (κ3) is 4.03. The van der Waals surface area contributed by atoms with Gasteiger partial charge in [0.15, 0.2) is 6.10 Å². The van der Waals surface area contributed by atoms with E-state index < -0.39 is 41.0 Å². The number of carboxylic acids is 1. The molecule has 0 saturated carbocycles. The van der Waals surface area contributed by atoms with Crippen LogP contribution in [0.4, 0.5) is 26.3 Å². The third-order valence-corrected chi connectivity index (χ3v) is 3.66. The topological polar surface area (TPSA) is 46.5 Å². The normalized spacial score (nSPS) is 14.8. The zero-order valence-electron chi connectivity index (χ0n) is 14.2. The molecule has 1 aromatic carbocycles. The Hall–Kier alpha value is -2.03. The summed E-state index contributed by atoms with van der Waals surface area (Å²) in [6, 6.07) is 3.20. The summed E-state index contributed by atoms with van der Waals surface area (Å²) >= 11 is 0. The number of aliphatic carboxylic acids is 1. The summed E-state index contributed by atoms with van der Waals surface area (Å²) in [5.41, 5.74) is -7.30. The second-order valence-electron chi connectivity index (χ2n) is 6.70. The highest BCUT2D eigenvalue weighted by Crippen LogP contribution is 2.54. The van der Waals surface area contributed by atoms with E-state index in [4.69, 9.17) is 5.11 Å². The fourth-order valence-corrected chi connectivity index (χ4v) is 2.32. The summed E-state index contributed by atoms with van der Waals surface area (Å²) in [7, 11) is 0. The van der Waals surface area contributed by atoms with E-state index in [1.54, 1.807) is 0 Å². The number of hydrogen-bond acceptors (Lipinski definition) is 2. The molecule has 9 heteroatoms. The predicted molar refractivity (Wildman–Crippen MR) is 82.3 cm³/mol. The van der Waals surface area contributed by atoms with Crippen molar-refractivity contribution >= 4 is 12.0 Å². The van der Waals surface area contributed by atoms with Crippen molar-refractivity contribution in [3.05, 3.63) is 42.0 Å². The Morgan fingerprint density at radius 2 is 1.46 bits per heavy atom. The van der Waals surface area contributed by atoms with E-state index in [0.29, 0.717) is 12.1 Å². The molecule has 0 fully saturated rings. The maximum absolute atomic E-state index is 13.7. The largest absolute Gasteiger partial charge is 0.479 e. The Labute approximate surface area is 146 Å². The van der Waals surface area contributed by atoms with Crippen molar-refractivity contribution < 1.29 is 41.0 Å². The van der Waals surface area contributed by atoms with Gasteiger partial charge in [0.25, 0.3) is 5.60 Å². The summed E-state index contributed by atoms with van der Waals surface area (Å²) in [6.45, 7) is 6.88. The average Bonchev–Trinajstić information content (AvgIpc) is 2.43. The first-order chi connectivity index (χ1) is 11.6. The van der Waals surface area contributed by atoms with Gasteiger partial charge in [-0.3, -0.25) is 0 Å². The molecule has 0 heterocycles. The highest BCUT2D eigenvalue weighted by Gasteiger charge is 2.74. The fraction of sp³-hybridized carbons (Fsp3) is 0.471. The molecule has 1 aromatic rings. The lowest BCUT2D eigenvalue weighted by Gasteiger charge is -2.41. The standard InChI is InChI=1S/C17H18F6O3/c1-5-10-6-8-11(9-7-10)15(16(18,19)20,17(21,22)23)26-12(13(24)25)14(2,3)4/h5-9,12H,1H2,2-4H3,(H,24,25). The van der Waals surface area contributed by atoms with Gasteiger partial charge in [-0.15, -0.1) is 0 Å². The van der Waals surface area contributed by atoms with Crippen molar-refractivity contribution in [1.29, 1.82) is 0 Å². The van der Waals surface area contributed by atoms with Gasteiger partial charge in [-0.05, 0) is 11.0 Å². The van der Waals surface area contributed by atoms with Gasteiger partial charge in [-0.1, -0.05) is 57.7 Å². The Balaban J connectivity index is 3.74. The molecule has 1 unspecified atom stereocenters. The predicted octanol–water partition coefficient (Wildman–Crippen LogP) is 5.17. The number of carbonyl (C=O) groups is 1. The van der Waals surface area contributed by atoms with Crippen LogP contribution in [0.2, 0.25) is 0 Å². The molecule has 0 aliphatic carbocycles. The number of halogens is 6. The molecule has 1 atom stereocenters. The SMILES string of the molecule is C=Cc1ccc(C(OC(C(=O)O)C(C)(C)C)(C(F)(F)F)C(F)(F)F)cc1. The van der Waals surface area contributed by atoms with Gasteiger partial charge >= 0.3 is 18.3 Å². The molecule has 1 N–H and O–H groups in total. The van der Waals surface area contributed by atoms with Crippen LogP contribution in [0.1, 0.15) is 31.9 Å². The minimum Gasteiger partial charge on any atom is -0.479 e. The maximum atomic E-state index is 13.7. The Morgan fingerprint density at radius 3 is 1.73 bits per heavy atom. The second-order valence-corrected chi connectivity index (χ2v) is 6.70. The summed E-state index contributed by atoms with van der Waals surface area (Å²) in [6.07, 6.45) is -13.0. The van der Waals surface area contributed by atoms with Crippen LogP contribution < -0.4 is 0 Å². The van der Waals surface area contributed by atoms with Gasteiger partial charge in [0.05, 0.1) is 0 Å². The van der Waals surface area contributed by atoms with Gasteiger partial charge in [0.2, 0.25) is 0 Å². The van der Waals surface area contributed by atoms with Crippen LogP contribution in [-0.4, -0.2) is 29.5 Å². The number of ether oxygens (including phenoxy) is 1. The molecule has 0 radical (unpaired) electrons. The monoisotopic (exact) mass is 384 g/mol. The van der Waals surface area contributed by atoms with Gasteiger partial charge in [0.1, 0.15) is 0 Å². The molecule has 0 aliphatic rings. The third-order valence-electron chi connectivity index (χ3n) is 3.66. The van der Waals surface area contributed by atoms with Crippen LogP contribution in [0.15, 0.2) is 30.8 Å². The highest BCUT2D eigenvalue weighted by molar-refractivity contribution is 5.73. The number of hydrogen-bond donors (Lipinski definition) is 1. The van der Waals surface area contributed by atoms with Crippen molar-refractivity contribution in [1.82, 2.24) is 0 Å². The van der Waals surface area contributed by atoms with Crippen LogP contribution in [0.25, 0.3) is 6.08 Å². The van der Waals surface area contributed by atoms with Crippen LogP contribution >= 0.6 is 0 Å². The second kappa shape index (κ2) is 6.94. The van der Waals surface area contributed by atoms with Crippen LogP contribution in [-0.2, 0) is 15.1 Å². The average molecular weight is 384 g/mol. The molecule has 0 saturated heterocycles. The molecule has 26 heavy (non-hydrogen) atoms. The molecular formula is C17H18F6O3. The quantitative estimate of drug-likeness (QED) is 0.713. The Kier molecular flexibility index (Phi) is 5.88. The number of alkyl halides is 6. The molecule has 0 aliphatic heterocycles. The van der Waals surface area contributed by atoms with Crippen molar-refractivity contribution in [2.24, 2.45) is 5.41 Å². The number of benzene rings is 1. The van der Waals surface area contributed by atoms with E-state index in [9.17, 15) is 31.1 Å². The molecular weight excluding hydrogens is 366 g/mol. The van der Waals surface area contributed by atoms with Crippen LogP contribution in [0, 0.1) is 5.41 Å². The molecule has 3 nitrogen and oxygen atoms in total. The number of carboxylic acid groups (broad SMARTS) is 1. The molecule has 1 rings (SSSR count). The lowest BCUT2D eigenvalue weighted by Crippen LogP contribution is -2.59. The summed E-state index contributed by atoms with van der Waals surface area (Å²) in [5, 5.41) is 9.16. The molecule has 0 aromatic heterocycles. The van der Waals surface area contributed by atoms with Crippen molar-refractivity contribution in [2.45, 2.75) is 44.8 Å². The van der Waals surface area contributed by atoms with E-state index >= 15 is 0 Å². The van der Waals surface area contributed by atoms with Crippen molar-refractivity contribution in [3.8, 4) is 0 Å². The minimum atomic E-state index is -5.96. The molecule has 0 amide bonds. The summed E-state index contributed by atoms with van der Waals surface area (Å²) in [4.78, 5) is 11.3. The highest BCUT2D eigenvalue weighted by atomic mass is 19.4. The molecule has 146 valence electrons. The van der Waals surface area contributed by atoms with E-state index in [2.05, 4.69) is 11.3 Å². The van der Waals surface area contributed by atoms with Crippen LogP contribution in [0.3, 0.4) is 0 Å². The number of rotatable bonds is 5. The zero-order valence-corrected chi connectivity index (χ0v) is 14.2. The minimum absolute atomic E-state index is 0.289. The first kappa shape index (κ1) is 22.0. The van der Waals surface area contributed by atoms with Gasteiger partial charge < -0.3 is 9.84 Å². The zero-order chi connectivity index (χ0) is 20.6. The Bertz CT molecular complexity index is 639. The van der Waals surface area contributed by atoms with Crippen molar-refractivity contribution in [3.63, 3.8) is 0 Å². The first-order valence-corrected chi connectivity index (χ1v) is 7.35. The maximum Gasteiger partial charge on any atom is 0.430 e. The van der Waals surface area contributed by atoms with Gasteiger partial charge in [0, 0.05) is 5.56 Å².